The lowest BCUT2D eigenvalue weighted by molar-refractivity contribution is 0.0528. The second-order valence-electron chi connectivity index (χ2n) is 7.46. The fraction of sp³-hybridized carbons (Fsp3) is 0.571. The van der Waals surface area contributed by atoms with Gasteiger partial charge in [-0.3, -0.25) is 9.79 Å². The van der Waals surface area contributed by atoms with Gasteiger partial charge in [-0.25, -0.2) is 4.79 Å². The van der Waals surface area contributed by atoms with Crippen LogP contribution < -0.4 is 16.0 Å². The smallest absolute Gasteiger partial charge is 0.407 e. The molecule has 8 nitrogen and oxygen atoms in total. The fourth-order valence-electron chi connectivity index (χ4n) is 2.52. The van der Waals surface area contributed by atoms with Gasteiger partial charge in [0, 0.05) is 45.3 Å². The van der Waals surface area contributed by atoms with Gasteiger partial charge in [-0.2, -0.15) is 0 Å². The van der Waals surface area contributed by atoms with Crippen molar-refractivity contribution in [3.05, 3.63) is 35.4 Å². The minimum absolute atomic E-state index is 0.0458. The summed E-state index contributed by atoms with van der Waals surface area (Å²) in [6.45, 7) is 12.3. The van der Waals surface area contributed by atoms with Gasteiger partial charge in [0.2, 0.25) is 0 Å². The van der Waals surface area contributed by atoms with Crippen LogP contribution in [0.3, 0.4) is 0 Å². The number of guanidine groups is 1. The SMILES string of the molecule is CCN(CC)C(=O)c1ccc(CNC(=NC)NCCNC(=O)OC(C)(C)C)cc1. The molecule has 0 fully saturated rings. The number of carbonyl (C=O) groups excluding carboxylic acids is 2. The average molecular weight is 406 g/mol. The Balaban J connectivity index is 2.41. The summed E-state index contributed by atoms with van der Waals surface area (Å²) in [7, 11) is 1.68. The van der Waals surface area contributed by atoms with Crippen LogP contribution in [0.5, 0.6) is 0 Å². The molecule has 8 heteroatoms. The number of hydrogen-bond donors (Lipinski definition) is 3. The van der Waals surface area contributed by atoms with Gasteiger partial charge in [0.1, 0.15) is 5.60 Å². The number of benzene rings is 1. The highest BCUT2D eigenvalue weighted by Crippen LogP contribution is 2.08. The minimum atomic E-state index is -0.513. The maximum absolute atomic E-state index is 12.3. The molecule has 1 aromatic carbocycles. The van der Waals surface area contributed by atoms with E-state index >= 15 is 0 Å². The first kappa shape index (κ1) is 24.3. The number of ether oxygens (including phenoxy) is 1. The molecule has 29 heavy (non-hydrogen) atoms. The molecule has 0 unspecified atom stereocenters. The Morgan fingerprint density at radius 2 is 1.59 bits per heavy atom. The van der Waals surface area contributed by atoms with Crippen LogP contribution in [0.1, 0.15) is 50.5 Å². The van der Waals surface area contributed by atoms with Crippen LogP contribution in [-0.4, -0.2) is 61.7 Å². The van der Waals surface area contributed by atoms with E-state index in [4.69, 9.17) is 4.74 Å². The summed E-state index contributed by atoms with van der Waals surface area (Å²) in [4.78, 5) is 29.9. The largest absolute Gasteiger partial charge is 0.444 e. The van der Waals surface area contributed by atoms with Crippen molar-refractivity contribution in [3.8, 4) is 0 Å². The van der Waals surface area contributed by atoms with E-state index in [1.54, 1.807) is 11.9 Å². The molecule has 0 radical (unpaired) electrons. The van der Waals surface area contributed by atoms with Crippen molar-refractivity contribution in [3.63, 3.8) is 0 Å². The van der Waals surface area contributed by atoms with E-state index in [0.717, 1.165) is 5.56 Å². The maximum atomic E-state index is 12.3. The standard InChI is InChI=1S/C21H35N5O3/c1-7-26(8-2)18(27)17-11-9-16(10-12-17)15-25-19(22-6)23-13-14-24-20(28)29-21(3,4)5/h9-12H,7-8,13-15H2,1-6H3,(H,24,28)(H2,22,23,25). The summed E-state index contributed by atoms with van der Waals surface area (Å²) in [6.07, 6.45) is -0.443. The average Bonchev–Trinajstić information content (AvgIpc) is 2.67. The van der Waals surface area contributed by atoms with Gasteiger partial charge < -0.3 is 25.6 Å². The number of nitrogens with zero attached hydrogens (tertiary/aromatic N) is 2. The number of rotatable bonds is 8. The number of carbonyl (C=O) groups is 2. The molecule has 0 atom stereocenters. The van der Waals surface area contributed by atoms with Crippen molar-refractivity contribution in [1.82, 2.24) is 20.9 Å². The van der Waals surface area contributed by atoms with Crippen molar-refractivity contribution in [2.75, 3.05) is 33.2 Å². The first-order valence-electron chi connectivity index (χ1n) is 9.99. The van der Waals surface area contributed by atoms with E-state index in [0.29, 0.717) is 44.2 Å². The minimum Gasteiger partial charge on any atom is -0.444 e. The monoisotopic (exact) mass is 405 g/mol. The van der Waals surface area contributed by atoms with Gasteiger partial charge >= 0.3 is 6.09 Å². The lowest BCUT2D eigenvalue weighted by atomic mass is 10.1. The number of amides is 2. The number of alkyl carbamates (subject to hydrolysis) is 1. The van der Waals surface area contributed by atoms with Crippen LogP contribution in [0.2, 0.25) is 0 Å². The second-order valence-corrected chi connectivity index (χ2v) is 7.46. The van der Waals surface area contributed by atoms with Gasteiger partial charge in [-0.1, -0.05) is 12.1 Å². The van der Waals surface area contributed by atoms with Crippen molar-refractivity contribution in [1.29, 1.82) is 0 Å². The van der Waals surface area contributed by atoms with E-state index in [1.165, 1.54) is 0 Å². The van der Waals surface area contributed by atoms with Gasteiger partial charge in [-0.15, -0.1) is 0 Å². The Labute approximate surface area is 174 Å². The van der Waals surface area contributed by atoms with Crippen LogP contribution in [0, 0.1) is 0 Å². The molecule has 0 saturated carbocycles. The molecule has 1 aromatic rings. The molecule has 1 rings (SSSR count). The Kier molecular flexibility index (Phi) is 9.99. The summed E-state index contributed by atoms with van der Waals surface area (Å²) in [5.41, 5.74) is 1.21. The molecule has 162 valence electrons. The van der Waals surface area contributed by atoms with E-state index in [2.05, 4.69) is 20.9 Å². The Morgan fingerprint density at radius 1 is 1.00 bits per heavy atom. The van der Waals surface area contributed by atoms with Crippen LogP contribution >= 0.6 is 0 Å². The summed E-state index contributed by atoms with van der Waals surface area (Å²) in [5, 5.41) is 9.02. The zero-order chi connectivity index (χ0) is 21.9. The Hall–Kier alpha value is -2.77. The highest BCUT2D eigenvalue weighted by atomic mass is 16.6. The molecule has 0 aromatic heterocycles. The molecule has 0 aliphatic heterocycles. The second kappa shape index (κ2) is 11.9. The first-order chi connectivity index (χ1) is 13.7. The topological polar surface area (TPSA) is 95.1 Å². The first-order valence-corrected chi connectivity index (χ1v) is 9.99. The summed E-state index contributed by atoms with van der Waals surface area (Å²) in [6, 6.07) is 7.55. The molecule has 0 bridgehead atoms. The van der Waals surface area contributed by atoms with E-state index < -0.39 is 11.7 Å². The molecular formula is C21H35N5O3. The van der Waals surface area contributed by atoms with Crippen LogP contribution in [-0.2, 0) is 11.3 Å². The van der Waals surface area contributed by atoms with Gasteiger partial charge in [0.15, 0.2) is 5.96 Å². The van der Waals surface area contributed by atoms with E-state index in [1.807, 2.05) is 58.9 Å². The summed E-state index contributed by atoms with van der Waals surface area (Å²) in [5.74, 6) is 0.670. The lowest BCUT2D eigenvalue weighted by Crippen LogP contribution is -2.42. The molecular weight excluding hydrogens is 370 g/mol. The van der Waals surface area contributed by atoms with Gasteiger partial charge in [0.25, 0.3) is 5.91 Å². The quantitative estimate of drug-likeness (QED) is 0.351. The number of hydrogen-bond acceptors (Lipinski definition) is 4. The lowest BCUT2D eigenvalue weighted by Gasteiger charge is -2.20. The van der Waals surface area contributed by atoms with Crippen molar-refractivity contribution >= 4 is 18.0 Å². The Bertz CT molecular complexity index is 677. The van der Waals surface area contributed by atoms with Gasteiger partial charge in [0.05, 0.1) is 0 Å². The van der Waals surface area contributed by atoms with Crippen molar-refractivity contribution < 1.29 is 14.3 Å². The predicted molar refractivity (Wildman–Crippen MR) is 116 cm³/mol. The Morgan fingerprint density at radius 3 is 2.10 bits per heavy atom. The van der Waals surface area contributed by atoms with Crippen molar-refractivity contribution in [2.45, 2.75) is 46.8 Å². The molecule has 0 heterocycles. The normalized spacial score (nSPS) is 11.6. The fourth-order valence-corrected chi connectivity index (χ4v) is 2.52. The summed E-state index contributed by atoms with van der Waals surface area (Å²) >= 11 is 0. The molecule has 3 N–H and O–H groups in total. The van der Waals surface area contributed by atoms with Crippen molar-refractivity contribution in [2.24, 2.45) is 4.99 Å². The van der Waals surface area contributed by atoms with Crippen LogP contribution in [0.15, 0.2) is 29.3 Å². The van der Waals surface area contributed by atoms with Crippen LogP contribution in [0.25, 0.3) is 0 Å². The molecule has 0 aliphatic carbocycles. The third kappa shape index (κ3) is 9.32. The molecule has 0 aliphatic rings. The van der Waals surface area contributed by atoms with Crippen LogP contribution in [0.4, 0.5) is 4.79 Å². The summed E-state index contributed by atoms with van der Waals surface area (Å²) < 4.78 is 5.18. The molecule has 0 spiro atoms. The molecule has 0 saturated heterocycles. The maximum Gasteiger partial charge on any atom is 0.407 e. The number of nitrogens with one attached hydrogen (secondary N) is 3. The third-order valence-corrected chi connectivity index (χ3v) is 4.02. The van der Waals surface area contributed by atoms with E-state index in [-0.39, 0.29) is 5.91 Å². The third-order valence-electron chi connectivity index (χ3n) is 4.02. The number of aliphatic imine (C=N–C) groups is 1. The highest BCUT2D eigenvalue weighted by Gasteiger charge is 2.15. The highest BCUT2D eigenvalue weighted by molar-refractivity contribution is 5.94. The van der Waals surface area contributed by atoms with Gasteiger partial charge in [-0.05, 0) is 52.3 Å². The molecule has 2 amide bonds. The van der Waals surface area contributed by atoms with E-state index in [9.17, 15) is 9.59 Å². The zero-order valence-corrected chi connectivity index (χ0v) is 18.5. The predicted octanol–water partition coefficient (Wildman–Crippen LogP) is 2.36. The zero-order valence-electron chi connectivity index (χ0n) is 18.5.